The maximum Gasteiger partial charge on any atom is 0.336 e. The standard InChI is InChI=1S/C31H36N2O8S/c1-32-11-13-33(14-12-32)22-7-8-24(31(34)35)26(17-22)27-16-21(6-9-28(27)39-3)20-42(36,37)15-10-25-29(40-4)18-23(38-2)19-30(25)41-5/h6-10,15-19H,11-14,20H2,1-5H3,(H,34,35)/b15-10+. The minimum absolute atomic E-state index is 0.102. The zero-order valence-electron chi connectivity index (χ0n) is 24.4. The Balaban J connectivity index is 1.70. The van der Waals surface area contributed by atoms with Crippen LogP contribution in [0.4, 0.5) is 5.69 Å². The Morgan fingerprint density at radius 1 is 0.833 bits per heavy atom. The SMILES string of the molecule is COc1cc(OC)c(/C=C/S(=O)(=O)Cc2ccc(OC)c(-c3cc(N4CCN(C)CC4)ccc3C(=O)O)c2)c(OC)c1. The minimum Gasteiger partial charge on any atom is -0.496 e. The van der Waals surface area contributed by atoms with E-state index in [1.807, 2.05) is 12.1 Å². The van der Waals surface area contributed by atoms with Crippen molar-refractivity contribution in [2.75, 3.05) is 66.6 Å². The van der Waals surface area contributed by atoms with E-state index in [1.54, 1.807) is 36.4 Å². The van der Waals surface area contributed by atoms with E-state index < -0.39 is 15.8 Å². The third-order valence-corrected chi connectivity index (χ3v) is 8.51. The summed E-state index contributed by atoms with van der Waals surface area (Å²) in [6.45, 7) is 3.42. The average molecular weight is 597 g/mol. The molecule has 0 amide bonds. The summed E-state index contributed by atoms with van der Waals surface area (Å²) >= 11 is 0. The van der Waals surface area contributed by atoms with Crippen molar-refractivity contribution in [3.8, 4) is 34.1 Å². The second-order valence-corrected chi connectivity index (χ2v) is 11.8. The normalized spacial score (nSPS) is 14.2. The van der Waals surface area contributed by atoms with Gasteiger partial charge in [-0.15, -0.1) is 0 Å². The number of sulfone groups is 1. The zero-order valence-corrected chi connectivity index (χ0v) is 25.2. The second kappa shape index (κ2) is 13.2. The van der Waals surface area contributed by atoms with E-state index in [1.165, 1.54) is 34.5 Å². The molecule has 0 spiro atoms. The fraction of sp³-hybridized carbons (Fsp3) is 0.323. The highest BCUT2D eigenvalue weighted by Crippen LogP contribution is 2.38. The first-order valence-electron chi connectivity index (χ1n) is 13.3. The molecule has 4 rings (SSSR count). The van der Waals surface area contributed by atoms with Crippen LogP contribution in [0.1, 0.15) is 21.5 Å². The summed E-state index contributed by atoms with van der Waals surface area (Å²) in [5.74, 6) is 0.336. The third kappa shape index (κ3) is 6.97. The number of rotatable bonds is 11. The number of carbonyl (C=O) groups is 1. The van der Waals surface area contributed by atoms with Crippen LogP contribution in [0.3, 0.4) is 0 Å². The maximum absolute atomic E-state index is 13.2. The molecule has 1 heterocycles. The molecule has 0 aromatic heterocycles. The molecule has 1 N–H and O–H groups in total. The quantitative estimate of drug-likeness (QED) is 0.341. The van der Waals surface area contributed by atoms with Crippen LogP contribution >= 0.6 is 0 Å². The number of ether oxygens (including phenoxy) is 4. The summed E-state index contributed by atoms with van der Waals surface area (Å²) in [6, 6.07) is 13.5. The third-order valence-electron chi connectivity index (χ3n) is 7.22. The molecule has 1 saturated heterocycles. The lowest BCUT2D eigenvalue weighted by atomic mass is 9.96. The highest BCUT2D eigenvalue weighted by atomic mass is 32.2. The molecule has 224 valence electrons. The van der Waals surface area contributed by atoms with Crippen LogP contribution in [0, 0.1) is 0 Å². The molecule has 1 fully saturated rings. The molecule has 11 heteroatoms. The molecule has 1 aliphatic rings. The summed E-state index contributed by atoms with van der Waals surface area (Å²) in [5, 5.41) is 11.1. The van der Waals surface area contributed by atoms with Crippen LogP contribution in [-0.4, -0.2) is 86.1 Å². The highest BCUT2D eigenvalue weighted by molar-refractivity contribution is 7.93. The molecule has 42 heavy (non-hydrogen) atoms. The molecule has 10 nitrogen and oxygen atoms in total. The molecule has 0 aliphatic carbocycles. The first-order chi connectivity index (χ1) is 20.1. The van der Waals surface area contributed by atoms with E-state index in [2.05, 4.69) is 16.8 Å². The van der Waals surface area contributed by atoms with Gasteiger partial charge >= 0.3 is 5.97 Å². The Morgan fingerprint density at radius 2 is 1.48 bits per heavy atom. The van der Waals surface area contributed by atoms with Crippen LogP contribution < -0.4 is 23.8 Å². The van der Waals surface area contributed by atoms with Crippen molar-refractivity contribution in [1.29, 1.82) is 0 Å². The molecule has 0 radical (unpaired) electrons. The Hall–Kier alpha value is -4.22. The Bertz CT molecular complexity index is 1550. The highest BCUT2D eigenvalue weighted by Gasteiger charge is 2.21. The first kappa shape index (κ1) is 30.7. The van der Waals surface area contributed by atoms with Gasteiger partial charge in [-0.25, -0.2) is 13.2 Å². The average Bonchev–Trinajstić information content (AvgIpc) is 2.99. The van der Waals surface area contributed by atoms with Gasteiger partial charge in [0, 0.05) is 60.5 Å². The maximum atomic E-state index is 13.2. The molecule has 3 aromatic rings. The largest absolute Gasteiger partial charge is 0.496 e. The number of carboxylic acids is 1. The van der Waals surface area contributed by atoms with Gasteiger partial charge in [0.2, 0.25) is 0 Å². The fourth-order valence-corrected chi connectivity index (χ4v) is 5.99. The zero-order chi connectivity index (χ0) is 30.4. The van der Waals surface area contributed by atoms with Gasteiger partial charge in [-0.3, -0.25) is 0 Å². The topological polar surface area (TPSA) is 115 Å². The minimum atomic E-state index is -3.77. The van der Waals surface area contributed by atoms with Crippen molar-refractivity contribution in [1.82, 2.24) is 4.90 Å². The number of methoxy groups -OCH3 is 4. The van der Waals surface area contributed by atoms with Gasteiger partial charge in [0.05, 0.1) is 45.3 Å². The monoisotopic (exact) mass is 596 g/mol. The lowest BCUT2D eigenvalue weighted by molar-refractivity contribution is 0.0697. The summed E-state index contributed by atoms with van der Waals surface area (Å²) in [6.07, 6.45) is 1.43. The summed E-state index contributed by atoms with van der Waals surface area (Å²) in [5.41, 5.74) is 2.88. The van der Waals surface area contributed by atoms with Crippen molar-refractivity contribution in [3.05, 3.63) is 70.6 Å². The van der Waals surface area contributed by atoms with Gasteiger partial charge < -0.3 is 33.9 Å². The van der Waals surface area contributed by atoms with Crippen molar-refractivity contribution < 1.29 is 37.3 Å². The summed E-state index contributed by atoms with van der Waals surface area (Å²) in [7, 11) is 4.26. The molecule has 1 aliphatic heterocycles. The number of benzene rings is 3. The van der Waals surface area contributed by atoms with E-state index in [9.17, 15) is 18.3 Å². The Labute approximate surface area is 246 Å². The molecule has 0 bridgehead atoms. The molecular weight excluding hydrogens is 560 g/mol. The van der Waals surface area contributed by atoms with Gasteiger partial charge in [0.25, 0.3) is 0 Å². The molecular formula is C31H36N2O8S. The number of aromatic carboxylic acids is 1. The van der Waals surface area contributed by atoms with E-state index in [-0.39, 0.29) is 11.3 Å². The van der Waals surface area contributed by atoms with E-state index in [4.69, 9.17) is 18.9 Å². The first-order valence-corrected chi connectivity index (χ1v) is 15.0. The number of likely N-dealkylation sites (N-methyl/N-ethyl adjacent to an activating group) is 1. The lowest BCUT2D eigenvalue weighted by Gasteiger charge is -2.34. The van der Waals surface area contributed by atoms with Crippen molar-refractivity contribution in [2.24, 2.45) is 0 Å². The van der Waals surface area contributed by atoms with Crippen LogP contribution in [0.5, 0.6) is 23.0 Å². The predicted octanol–water partition coefficient (Wildman–Crippen LogP) is 4.42. The summed E-state index contributed by atoms with van der Waals surface area (Å²) < 4.78 is 48.1. The van der Waals surface area contributed by atoms with Gasteiger partial charge in [0.15, 0.2) is 9.84 Å². The van der Waals surface area contributed by atoms with Crippen molar-refractivity contribution in [3.63, 3.8) is 0 Å². The number of anilines is 1. The van der Waals surface area contributed by atoms with Crippen molar-refractivity contribution >= 4 is 27.6 Å². The Morgan fingerprint density at radius 3 is 2.05 bits per heavy atom. The van der Waals surface area contributed by atoms with Crippen LogP contribution in [0.15, 0.2) is 53.9 Å². The predicted molar refractivity (Wildman–Crippen MR) is 163 cm³/mol. The molecule has 0 atom stereocenters. The number of nitrogens with zero attached hydrogens (tertiary/aromatic N) is 2. The van der Waals surface area contributed by atoms with Gasteiger partial charge in [-0.2, -0.15) is 0 Å². The number of hydrogen-bond donors (Lipinski definition) is 1. The lowest BCUT2D eigenvalue weighted by Crippen LogP contribution is -2.44. The number of carboxylic acid groups (broad SMARTS) is 1. The fourth-order valence-electron chi connectivity index (χ4n) is 4.91. The molecule has 3 aromatic carbocycles. The van der Waals surface area contributed by atoms with Gasteiger partial charge in [-0.1, -0.05) is 6.07 Å². The van der Waals surface area contributed by atoms with E-state index in [0.29, 0.717) is 45.3 Å². The smallest absolute Gasteiger partial charge is 0.336 e. The van der Waals surface area contributed by atoms with Crippen LogP contribution in [-0.2, 0) is 15.6 Å². The Kier molecular flexibility index (Phi) is 9.64. The van der Waals surface area contributed by atoms with Crippen LogP contribution in [0.25, 0.3) is 17.2 Å². The number of hydrogen-bond acceptors (Lipinski definition) is 9. The molecule has 0 unspecified atom stereocenters. The van der Waals surface area contributed by atoms with Gasteiger partial charge in [-0.05, 0) is 49.0 Å². The van der Waals surface area contributed by atoms with E-state index in [0.717, 1.165) is 37.3 Å². The summed E-state index contributed by atoms with van der Waals surface area (Å²) in [4.78, 5) is 16.7. The number of piperazine rings is 1. The van der Waals surface area contributed by atoms with Crippen molar-refractivity contribution in [2.45, 2.75) is 5.75 Å². The van der Waals surface area contributed by atoms with E-state index >= 15 is 0 Å². The van der Waals surface area contributed by atoms with Gasteiger partial charge in [0.1, 0.15) is 23.0 Å². The molecule has 0 saturated carbocycles. The second-order valence-electron chi connectivity index (χ2n) is 9.92. The van der Waals surface area contributed by atoms with Crippen LogP contribution in [0.2, 0.25) is 0 Å².